The van der Waals surface area contributed by atoms with E-state index in [-0.39, 0.29) is 12.1 Å². The van der Waals surface area contributed by atoms with Crippen molar-refractivity contribution in [2.45, 2.75) is 45.6 Å². The first-order valence-corrected chi connectivity index (χ1v) is 10.8. The van der Waals surface area contributed by atoms with Crippen molar-refractivity contribution in [2.75, 3.05) is 18.4 Å². The molecule has 0 radical (unpaired) electrons. The maximum atomic E-state index is 14.4. The van der Waals surface area contributed by atoms with Crippen molar-refractivity contribution in [1.29, 1.82) is 0 Å². The normalized spacial score (nSPS) is 15.0. The van der Waals surface area contributed by atoms with Crippen LogP contribution in [0.3, 0.4) is 0 Å². The topological polar surface area (TPSA) is 49.8 Å². The van der Waals surface area contributed by atoms with Gasteiger partial charge in [-0.15, -0.1) is 0 Å². The van der Waals surface area contributed by atoms with Crippen LogP contribution in [-0.2, 0) is 19.4 Å². The number of aromatic nitrogens is 2. The molecule has 2 N–H and O–H groups in total. The predicted molar refractivity (Wildman–Crippen MR) is 117 cm³/mol. The lowest BCUT2D eigenvalue weighted by molar-refractivity contribution is 0.146. The second-order valence-corrected chi connectivity index (χ2v) is 8.12. The number of aryl methyl sites for hydroxylation is 1. The van der Waals surface area contributed by atoms with E-state index in [1.807, 2.05) is 0 Å². The van der Waals surface area contributed by atoms with Crippen LogP contribution in [0.5, 0.6) is 0 Å². The number of hydrogen-bond donors (Lipinski definition) is 2. The van der Waals surface area contributed by atoms with E-state index in [0.29, 0.717) is 5.92 Å². The lowest BCUT2D eigenvalue weighted by atomic mass is 9.87. The molecule has 4 rings (SSSR count). The number of nitrogens with zero attached hydrogens (tertiary/aromatic N) is 2. The highest BCUT2D eigenvalue weighted by Gasteiger charge is 2.18. The van der Waals surface area contributed by atoms with Crippen LogP contribution in [0.25, 0.3) is 10.9 Å². The van der Waals surface area contributed by atoms with Crippen LogP contribution in [0.15, 0.2) is 36.5 Å². The number of alkyl halides is 2. The number of anilines is 1. The van der Waals surface area contributed by atoms with Crippen molar-refractivity contribution in [3.8, 4) is 0 Å². The van der Waals surface area contributed by atoms with E-state index in [4.69, 9.17) is 0 Å². The third kappa shape index (κ3) is 4.82. The zero-order chi connectivity index (χ0) is 21.8. The van der Waals surface area contributed by atoms with Gasteiger partial charge in [-0.25, -0.2) is 13.2 Å². The Balaban J connectivity index is 1.62. The lowest BCUT2D eigenvalue weighted by Crippen LogP contribution is -2.28. The Labute approximate surface area is 180 Å². The second-order valence-electron chi connectivity index (χ2n) is 8.12. The average Bonchev–Trinajstić information content (AvgIpc) is 2.78. The minimum absolute atomic E-state index is 0.0896. The summed E-state index contributed by atoms with van der Waals surface area (Å²) in [5.74, 6) is -0.211. The van der Waals surface area contributed by atoms with E-state index in [2.05, 4.69) is 39.9 Å². The van der Waals surface area contributed by atoms with Crippen molar-refractivity contribution < 1.29 is 13.2 Å². The van der Waals surface area contributed by atoms with E-state index in [1.54, 1.807) is 6.20 Å². The molecule has 1 saturated heterocycles. The van der Waals surface area contributed by atoms with Crippen molar-refractivity contribution in [1.82, 2.24) is 15.5 Å². The van der Waals surface area contributed by atoms with E-state index in [1.165, 1.54) is 36.1 Å². The van der Waals surface area contributed by atoms with Crippen LogP contribution in [0, 0.1) is 11.7 Å². The first-order chi connectivity index (χ1) is 15.1. The van der Waals surface area contributed by atoms with Gasteiger partial charge in [0.15, 0.2) is 0 Å². The maximum absolute atomic E-state index is 14.4. The van der Waals surface area contributed by atoms with E-state index < -0.39 is 17.8 Å². The van der Waals surface area contributed by atoms with Gasteiger partial charge in [0, 0.05) is 17.5 Å². The van der Waals surface area contributed by atoms with Gasteiger partial charge in [0.1, 0.15) is 5.82 Å². The van der Waals surface area contributed by atoms with Crippen LogP contribution in [0.4, 0.5) is 18.9 Å². The molecule has 0 aliphatic carbocycles. The average molecular weight is 429 g/mol. The highest BCUT2D eigenvalue weighted by Crippen LogP contribution is 2.29. The molecule has 1 fully saturated rings. The quantitative estimate of drug-likeness (QED) is 0.527. The zero-order valence-corrected chi connectivity index (χ0v) is 17.6. The summed E-state index contributed by atoms with van der Waals surface area (Å²) in [5, 5.41) is 15.9. The van der Waals surface area contributed by atoms with Gasteiger partial charge in [0.2, 0.25) is 0 Å². The van der Waals surface area contributed by atoms with Gasteiger partial charge in [-0.3, -0.25) is 0 Å². The molecule has 0 atom stereocenters. The van der Waals surface area contributed by atoms with Crippen molar-refractivity contribution in [2.24, 2.45) is 5.92 Å². The summed E-state index contributed by atoms with van der Waals surface area (Å²) in [6, 6.07) is 8.34. The molecule has 7 heteroatoms. The molecule has 4 nitrogen and oxygen atoms in total. The van der Waals surface area contributed by atoms with Gasteiger partial charge in [-0.2, -0.15) is 10.2 Å². The molecule has 3 aromatic rings. The molecule has 0 saturated carbocycles. The molecule has 0 bridgehead atoms. The lowest BCUT2D eigenvalue weighted by Gasteiger charge is -2.24. The summed E-state index contributed by atoms with van der Waals surface area (Å²) < 4.78 is 40.4. The number of fused-ring (bicyclic) bond motifs is 1. The smallest absolute Gasteiger partial charge is 0.266 e. The molecule has 0 unspecified atom stereocenters. The monoisotopic (exact) mass is 428 g/mol. The van der Waals surface area contributed by atoms with Gasteiger partial charge in [-0.1, -0.05) is 25.1 Å². The van der Waals surface area contributed by atoms with Crippen LogP contribution >= 0.6 is 0 Å². The number of nitrogens with one attached hydrogen (secondary N) is 2. The largest absolute Gasteiger partial charge is 0.379 e. The fourth-order valence-electron chi connectivity index (χ4n) is 4.35. The summed E-state index contributed by atoms with van der Waals surface area (Å²) in [7, 11) is 0. The Bertz CT molecular complexity index is 1050. The molecule has 0 spiro atoms. The Kier molecular flexibility index (Phi) is 6.70. The Morgan fingerprint density at radius 1 is 1.13 bits per heavy atom. The van der Waals surface area contributed by atoms with Crippen LogP contribution in [-0.4, -0.2) is 23.3 Å². The molecule has 0 amide bonds. The van der Waals surface area contributed by atoms with E-state index >= 15 is 0 Å². The number of hydrogen-bond acceptors (Lipinski definition) is 4. The molecular weight excluding hydrogens is 401 g/mol. The van der Waals surface area contributed by atoms with Crippen LogP contribution < -0.4 is 10.6 Å². The van der Waals surface area contributed by atoms with E-state index in [0.717, 1.165) is 48.6 Å². The number of benzene rings is 2. The van der Waals surface area contributed by atoms with Crippen molar-refractivity contribution in [3.05, 3.63) is 64.6 Å². The fourth-order valence-corrected chi connectivity index (χ4v) is 4.35. The van der Waals surface area contributed by atoms with Crippen molar-refractivity contribution >= 4 is 16.6 Å². The van der Waals surface area contributed by atoms with E-state index in [9.17, 15) is 13.2 Å². The molecule has 2 aromatic carbocycles. The third-order valence-electron chi connectivity index (χ3n) is 6.12. The molecule has 1 aliphatic rings. The minimum atomic E-state index is -2.84. The van der Waals surface area contributed by atoms with Gasteiger partial charge >= 0.3 is 0 Å². The SMILES string of the molecule is CCc1cc2nncc(NCc3cccc(C(F)F)c3F)c2cc1CC1CCNCC1. The predicted octanol–water partition coefficient (Wildman–Crippen LogP) is 5.42. The highest BCUT2D eigenvalue weighted by atomic mass is 19.3. The number of piperidine rings is 1. The minimum Gasteiger partial charge on any atom is -0.379 e. The maximum Gasteiger partial charge on any atom is 0.266 e. The van der Waals surface area contributed by atoms with Crippen LogP contribution in [0.1, 0.15) is 48.4 Å². The fraction of sp³-hybridized carbons (Fsp3) is 0.417. The molecule has 1 aromatic heterocycles. The summed E-state index contributed by atoms with van der Waals surface area (Å²) in [4.78, 5) is 0. The van der Waals surface area contributed by atoms with Crippen molar-refractivity contribution in [3.63, 3.8) is 0 Å². The third-order valence-corrected chi connectivity index (χ3v) is 6.12. The van der Waals surface area contributed by atoms with Crippen LogP contribution in [0.2, 0.25) is 0 Å². The van der Waals surface area contributed by atoms with Gasteiger partial charge < -0.3 is 10.6 Å². The molecule has 1 aliphatic heterocycles. The first-order valence-electron chi connectivity index (χ1n) is 10.8. The van der Waals surface area contributed by atoms with Gasteiger partial charge in [-0.05, 0) is 68.0 Å². The molecule has 164 valence electrons. The first kappa shape index (κ1) is 21.6. The standard InChI is InChI=1S/C24H27F3N4/c1-2-16-12-21-20(11-18(16)10-15-6-8-28-9-7-15)22(14-30-31-21)29-13-17-4-3-5-19(23(17)25)24(26)27/h3-5,11-12,14-15,24,28H,2,6-10,13H2,1H3,(H,29,31). The summed E-state index contributed by atoms with van der Waals surface area (Å²) in [6.07, 6.45) is 3.04. The number of halogens is 3. The molecular formula is C24H27F3N4. The Morgan fingerprint density at radius 3 is 2.68 bits per heavy atom. The van der Waals surface area contributed by atoms with Gasteiger partial charge in [0.25, 0.3) is 6.43 Å². The molecule has 31 heavy (non-hydrogen) atoms. The second kappa shape index (κ2) is 9.64. The Hall–Kier alpha value is -2.67. The Morgan fingerprint density at radius 2 is 1.94 bits per heavy atom. The highest BCUT2D eigenvalue weighted by molar-refractivity contribution is 5.91. The number of rotatable bonds is 7. The summed E-state index contributed by atoms with van der Waals surface area (Å²) >= 11 is 0. The summed E-state index contributed by atoms with van der Waals surface area (Å²) in [5.41, 5.74) is 3.70. The molecule has 2 heterocycles. The van der Waals surface area contributed by atoms with Gasteiger partial charge in [0.05, 0.1) is 23.0 Å². The summed E-state index contributed by atoms with van der Waals surface area (Å²) in [6.45, 7) is 4.34. The zero-order valence-electron chi connectivity index (χ0n) is 17.6.